The van der Waals surface area contributed by atoms with Crippen LogP contribution >= 0.6 is 0 Å². The van der Waals surface area contributed by atoms with Gasteiger partial charge in [-0.05, 0) is 98.9 Å². The molecule has 4 heterocycles. The number of phenolic OH excluding ortho intramolecular Hbond substituents is 1. The monoisotopic (exact) mass is 561 g/mol. The molecule has 216 valence electrons. The number of ether oxygens (including phenoxy) is 1. The molecule has 2 aromatic carbocycles. The first-order valence-electron chi connectivity index (χ1n) is 15.2. The minimum Gasteiger partial charge on any atom is -0.508 e. The number of nitrogens with zero attached hydrogens (tertiary/aromatic N) is 4. The first-order chi connectivity index (χ1) is 19.8. The number of fused-ring (bicyclic) bond motifs is 2. The average molecular weight is 562 g/mol. The Balaban J connectivity index is 1.25. The van der Waals surface area contributed by atoms with Gasteiger partial charge in [-0.25, -0.2) is 8.78 Å². The summed E-state index contributed by atoms with van der Waals surface area (Å²) in [6, 6.07) is 7.08. The van der Waals surface area contributed by atoms with E-state index in [0.29, 0.717) is 47.8 Å². The van der Waals surface area contributed by atoms with Crippen molar-refractivity contribution < 1.29 is 18.6 Å². The third kappa shape index (κ3) is 4.26. The van der Waals surface area contributed by atoms with Crippen LogP contribution in [0.4, 0.5) is 14.6 Å². The fraction of sp³-hybridized carbons (Fsp3) is 0.562. The van der Waals surface area contributed by atoms with Gasteiger partial charge in [-0.2, -0.15) is 9.97 Å². The van der Waals surface area contributed by atoms with E-state index < -0.39 is 6.17 Å². The van der Waals surface area contributed by atoms with Crippen LogP contribution in [-0.2, 0) is 0 Å². The van der Waals surface area contributed by atoms with Gasteiger partial charge in [0.2, 0.25) is 0 Å². The van der Waals surface area contributed by atoms with E-state index in [2.05, 4.69) is 15.1 Å². The van der Waals surface area contributed by atoms with Crippen molar-refractivity contribution in [1.29, 1.82) is 0 Å². The first-order valence-corrected chi connectivity index (χ1v) is 15.2. The average Bonchev–Trinajstić information content (AvgIpc) is 3.85. The highest BCUT2D eigenvalue weighted by molar-refractivity contribution is 5.94. The van der Waals surface area contributed by atoms with Gasteiger partial charge >= 0.3 is 6.01 Å². The van der Waals surface area contributed by atoms with Crippen molar-refractivity contribution in [2.75, 3.05) is 44.2 Å². The van der Waals surface area contributed by atoms with Gasteiger partial charge in [0.15, 0.2) is 0 Å². The summed E-state index contributed by atoms with van der Waals surface area (Å²) in [6.07, 6.45) is 5.86. The number of aromatic hydroxyl groups is 1. The van der Waals surface area contributed by atoms with Crippen LogP contribution in [0.1, 0.15) is 62.0 Å². The Labute approximate surface area is 238 Å². The molecule has 3 saturated heterocycles. The van der Waals surface area contributed by atoms with Crippen LogP contribution in [-0.4, -0.2) is 76.6 Å². The standard InChI is InChI=1S/C32H37F2N5O2/c1-19-11-22(40)12-24(28(19)20-3-4-20)23-14-27-25(13-26(23)34)29(39-10-8-35-17-31(39)6-7-31)37-30(36-27)41-18-32-5-2-9-38(32)16-21(33)15-32/h11-14,20-21,35,40H,2-10,15-18H2,1H3/t21-,32+/m1/s1. The van der Waals surface area contributed by atoms with Crippen molar-refractivity contribution in [3.8, 4) is 22.9 Å². The van der Waals surface area contributed by atoms with Crippen molar-refractivity contribution in [3.63, 3.8) is 0 Å². The Kier molecular flexibility index (Phi) is 5.77. The molecule has 5 fully saturated rings. The second kappa shape index (κ2) is 9.23. The van der Waals surface area contributed by atoms with E-state index in [0.717, 1.165) is 81.4 Å². The number of piperazine rings is 1. The van der Waals surface area contributed by atoms with Crippen LogP contribution in [0.5, 0.6) is 11.8 Å². The Morgan fingerprint density at radius 2 is 1.95 bits per heavy atom. The molecule has 5 aliphatic rings. The Bertz CT molecular complexity index is 1540. The van der Waals surface area contributed by atoms with Crippen LogP contribution in [0.25, 0.3) is 22.0 Å². The third-order valence-corrected chi connectivity index (χ3v) is 10.2. The summed E-state index contributed by atoms with van der Waals surface area (Å²) in [5.41, 5.74) is 3.55. The Hall–Kier alpha value is -3.04. The summed E-state index contributed by atoms with van der Waals surface area (Å²) in [6.45, 7) is 6.16. The SMILES string of the molecule is Cc1cc(O)cc(-c2cc3nc(OC[C@@]45CCCN4C[C@H](F)C5)nc(N4CCNCC45CC5)c3cc2F)c1C1CC1. The highest BCUT2D eigenvalue weighted by Gasteiger charge is 2.51. The van der Waals surface area contributed by atoms with Gasteiger partial charge in [0.1, 0.15) is 30.2 Å². The molecule has 2 saturated carbocycles. The Morgan fingerprint density at radius 1 is 1.10 bits per heavy atom. The number of halogens is 2. The third-order valence-electron chi connectivity index (χ3n) is 10.2. The quantitative estimate of drug-likeness (QED) is 0.427. The number of aromatic nitrogens is 2. The molecule has 0 radical (unpaired) electrons. The summed E-state index contributed by atoms with van der Waals surface area (Å²) >= 11 is 0. The molecule has 1 aromatic heterocycles. The maximum absolute atomic E-state index is 16.1. The number of rotatable bonds is 6. The van der Waals surface area contributed by atoms with E-state index in [4.69, 9.17) is 14.7 Å². The summed E-state index contributed by atoms with van der Waals surface area (Å²) in [5.74, 6) is 0.881. The zero-order valence-corrected chi connectivity index (χ0v) is 23.6. The number of aryl methyl sites for hydroxylation is 1. The molecule has 2 N–H and O–H groups in total. The molecule has 2 atom stereocenters. The molecule has 0 unspecified atom stereocenters. The molecular weight excluding hydrogens is 524 g/mol. The van der Waals surface area contributed by atoms with Gasteiger partial charge in [-0.3, -0.25) is 4.90 Å². The summed E-state index contributed by atoms with van der Waals surface area (Å²) in [4.78, 5) is 14.3. The lowest BCUT2D eigenvalue weighted by Gasteiger charge is -2.38. The lowest BCUT2D eigenvalue weighted by atomic mass is 9.91. The van der Waals surface area contributed by atoms with E-state index in [1.54, 1.807) is 24.3 Å². The molecule has 9 heteroatoms. The van der Waals surface area contributed by atoms with Crippen molar-refractivity contribution in [3.05, 3.63) is 41.2 Å². The van der Waals surface area contributed by atoms with Gasteiger partial charge < -0.3 is 20.1 Å². The molecule has 3 aliphatic heterocycles. The largest absolute Gasteiger partial charge is 0.508 e. The zero-order valence-electron chi connectivity index (χ0n) is 23.6. The fourth-order valence-corrected chi connectivity index (χ4v) is 7.92. The molecule has 2 aliphatic carbocycles. The first kappa shape index (κ1) is 25.7. The van der Waals surface area contributed by atoms with E-state index in [-0.39, 0.29) is 28.7 Å². The minimum atomic E-state index is -0.834. The van der Waals surface area contributed by atoms with Crippen LogP contribution in [0.15, 0.2) is 24.3 Å². The number of nitrogens with one attached hydrogen (secondary N) is 1. The maximum atomic E-state index is 16.1. The number of anilines is 1. The van der Waals surface area contributed by atoms with Crippen molar-refractivity contribution in [1.82, 2.24) is 20.2 Å². The smallest absolute Gasteiger partial charge is 0.319 e. The second-order valence-electron chi connectivity index (χ2n) is 13.1. The highest BCUT2D eigenvalue weighted by atomic mass is 19.1. The lowest BCUT2D eigenvalue weighted by Crippen LogP contribution is -2.53. The molecule has 7 nitrogen and oxygen atoms in total. The number of hydrogen-bond donors (Lipinski definition) is 2. The van der Waals surface area contributed by atoms with E-state index in [1.807, 2.05) is 6.92 Å². The predicted molar refractivity (Wildman–Crippen MR) is 154 cm³/mol. The normalized spacial score (nSPS) is 27.1. The van der Waals surface area contributed by atoms with Gasteiger partial charge in [0.25, 0.3) is 0 Å². The van der Waals surface area contributed by atoms with Crippen LogP contribution in [0, 0.1) is 12.7 Å². The van der Waals surface area contributed by atoms with Gasteiger partial charge in [0, 0.05) is 43.5 Å². The lowest BCUT2D eigenvalue weighted by molar-refractivity contribution is 0.107. The minimum absolute atomic E-state index is 0.0126. The summed E-state index contributed by atoms with van der Waals surface area (Å²) in [5, 5.41) is 14.6. The number of alkyl halides is 1. The maximum Gasteiger partial charge on any atom is 0.319 e. The van der Waals surface area contributed by atoms with E-state index in [9.17, 15) is 9.50 Å². The fourth-order valence-electron chi connectivity index (χ4n) is 7.92. The molecule has 8 rings (SSSR count). The Morgan fingerprint density at radius 3 is 2.76 bits per heavy atom. The highest BCUT2D eigenvalue weighted by Crippen LogP contribution is 2.49. The number of phenols is 1. The van der Waals surface area contributed by atoms with Gasteiger partial charge in [-0.1, -0.05) is 0 Å². The van der Waals surface area contributed by atoms with Crippen molar-refractivity contribution >= 4 is 16.7 Å². The molecule has 1 spiro atoms. The van der Waals surface area contributed by atoms with Gasteiger partial charge in [-0.15, -0.1) is 0 Å². The van der Waals surface area contributed by atoms with Crippen LogP contribution in [0.2, 0.25) is 0 Å². The predicted octanol–water partition coefficient (Wildman–Crippen LogP) is 5.22. The summed E-state index contributed by atoms with van der Waals surface area (Å²) in [7, 11) is 0. The van der Waals surface area contributed by atoms with E-state index in [1.165, 1.54) is 0 Å². The van der Waals surface area contributed by atoms with E-state index >= 15 is 4.39 Å². The molecule has 3 aromatic rings. The molecule has 0 amide bonds. The number of benzene rings is 2. The molecule has 41 heavy (non-hydrogen) atoms. The molecule has 0 bridgehead atoms. The zero-order chi connectivity index (χ0) is 27.9. The van der Waals surface area contributed by atoms with Crippen molar-refractivity contribution in [2.24, 2.45) is 0 Å². The van der Waals surface area contributed by atoms with Crippen LogP contribution in [0.3, 0.4) is 0 Å². The summed E-state index contributed by atoms with van der Waals surface area (Å²) < 4.78 is 36.9. The molecular formula is C32H37F2N5O2. The van der Waals surface area contributed by atoms with Crippen molar-refractivity contribution in [2.45, 2.75) is 75.0 Å². The topological polar surface area (TPSA) is 73.8 Å². The number of hydrogen-bond acceptors (Lipinski definition) is 7. The second-order valence-corrected chi connectivity index (χ2v) is 13.1. The van der Waals surface area contributed by atoms with Crippen LogP contribution < -0.4 is 15.0 Å². The van der Waals surface area contributed by atoms with Gasteiger partial charge in [0.05, 0.1) is 16.6 Å².